The Hall–Kier alpha value is 1.39. The summed E-state index contributed by atoms with van der Waals surface area (Å²) in [6.45, 7) is 0. The van der Waals surface area contributed by atoms with Gasteiger partial charge in [0.05, 0.1) is 0 Å². The van der Waals surface area contributed by atoms with Crippen LogP contribution in [-0.2, 0) is 4.46 Å². The fourth-order valence-electron chi connectivity index (χ4n) is 0. The molecule has 0 saturated heterocycles. The van der Waals surface area contributed by atoms with Crippen molar-refractivity contribution >= 4 is 84.6 Å². The summed E-state index contributed by atoms with van der Waals surface area (Å²) in [4.78, 5) is 14.3. The van der Waals surface area contributed by atoms with E-state index in [1.165, 1.54) is 6.19 Å². The molecule has 6 N–H and O–H groups in total. The molecule has 0 aliphatic carbocycles. The third-order valence-electron chi connectivity index (χ3n) is 0. The first kappa shape index (κ1) is 30.1. The van der Waals surface area contributed by atoms with E-state index in [9.17, 15) is 0 Å². The Morgan fingerprint density at radius 3 is 1.40 bits per heavy atom. The van der Waals surface area contributed by atoms with E-state index in [2.05, 4.69) is 5.73 Å². The van der Waals surface area contributed by atoms with E-state index in [0.29, 0.717) is 0 Å². The van der Waals surface area contributed by atoms with Gasteiger partial charge in [0.25, 0.3) is 0 Å². The summed E-state index contributed by atoms with van der Waals surface area (Å²) in [6.07, 6.45) is 1.25. The molecule has 0 aromatic carbocycles. The van der Waals surface area contributed by atoms with Gasteiger partial charge in [-0.1, -0.05) is 0 Å². The van der Waals surface area contributed by atoms with Gasteiger partial charge in [-0.05, 0) is 0 Å². The maximum absolute atomic E-state index is 8.74. The molecule has 0 rings (SSSR count). The SMILES string of the molecule is N#CN.O.O=[Si](O)O.[CaH2].[CaH2]. The van der Waals surface area contributed by atoms with Gasteiger partial charge in [0, 0.05) is 0 Å². The molecule has 10 heavy (non-hydrogen) atoms. The standard InChI is InChI=1S/CH2N2.2Ca.H2O3Si.H2O.4H/c2-1-3;;;1-4(2)3;;;;;/h2H2;;;1-2H;1H2;;;;. The van der Waals surface area contributed by atoms with E-state index in [1.54, 1.807) is 0 Å². The van der Waals surface area contributed by atoms with Gasteiger partial charge >= 0.3 is 84.6 Å². The second-order valence-electron chi connectivity index (χ2n) is 0.412. The first-order chi connectivity index (χ1) is 3.15. The van der Waals surface area contributed by atoms with Crippen molar-refractivity contribution in [2.24, 2.45) is 5.73 Å². The minimum atomic E-state index is -3.13. The molecule has 0 radical (unpaired) electrons. The molecule has 0 aromatic heterocycles. The van der Waals surface area contributed by atoms with E-state index in [0.717, 1.165) is 0 Å². The summed E-state index contributed by atoms with van der Waals surface area (Å²) in [5.74, 6) is 0. The fourth-order valence-corrected chi connectivity index (χ4v) is 0. The van der Waals surface area contributed by atoms with Crippen LogP contribution in [0.1, 0.15) is 0 Å². The zero-order valence-corrected chi connectivity index (χ0v) is 4.83. The first-order valence-corrected chi connectivity index (χ1v) is 2.47. The molecule has 0 aliphatic rings. The Labute approximate surface area is 119 Å². The van der Waals surface area contributed by atoms with Gasteiger partial charge < -0.3 is 20.8 Å². The molecule has 0 bridgehead atoms. The van der Waals surface area contributed by atoms with Crippen LogP contribution in [0.25, 0.3) is 0 Å². The number of nitrogens with zero attached hydrogens (tertiary/aromatic N) is 1. The van der Waals surface area contributed by atoms with Gasteiger partial charge in [0.2, 0.25) is 0 Å². The minimum absolute atomic E-state index is 0. The van der Waals surface area contributed by atoms with Crippen molar-refractivity contribution in [1.29, 1.82) is 5.26 Å². The van der Waals surface area contributed by atoms with Crippen molar-refractivity contribution in [2.45, 2.75) is 0 Å². The summed E-state index contributed by atoms with van der Waals surface area (Å²) in [5, 5.41) is 7.10. The van der Waals surface area contributed by atoms with Crippen molar-refractivity contribution in [2.75, 3.05) is 0 Å². The van der Waals surface area contributed by atoms with E-state index >= 15 is 0 Å². The van der Waals surface area contributed by atoms with Gasteiger partial charge in [-0.2, -0.15) is 5.26 Å². The average Bonchev–Trinajstić information content (AvgIpc) is 1.33. The van der Waals surface area contributed by atoms with Crippen LogP contribution in [0.4, 0.5) is 0 Å². The molecule has 0 saturated carbocycles. The normalized spacial score (nSPS) is 3.10. The molecule has 0 aromatic rings. The molecule has 6 nitrogen and oxygen atoms in total. The van der Waals surface area contributed by atoms with Crippen LogP contribution in [0.3, 0.4) is 0 Å². The monoisotopic (exact) mass is 222 g/mol. The second kappa shape index (κ2) is 31.5. The van der Waals surface area contributed by atoms with Gasteiger partial charge in [0.1, 0.15) is 0 Å². The molecule has 0 heterocycles. The quantitative estimate of drug-likeness (QED) is 0.214. The topological polar surface area (TPSA) is 139 Å². The van der Waals surface area contributed by atoms with Crippen molar-refractivity contribution < 1.29 is 19.5 Å². The number of nitrogens with two attached hydrogens (primary N) is 1. The fraction of sp³-hybridized carbons (Fsp3) is 0. The van der Waals surface area contributed by atoms with Crippen LogP contribution >= 0.6 is 0 Å². The van der Waals surface area contributed by atoms with Crippen LogP contribution in [0, 0.1) is 11.5 Å². The van der Waals surface area contributed by atoms with Crippen LogP contribution < -0.4 is 5.73 Å². The van der Waals surface area contributed by atoms with Gasteiger partial charge in [-0.25, -0.2) is 0 Å². The molecule has 0 fully saturated rings. The zero-order valence-electron chi connectivity index (χ0n) is 3.83. The summed E-state index contributed by atoms with van der Waals surface area (Å²) in [7, 11) is -3.13. The van der Waals surface area contributed by atoms with Crippen molar-refractivity contribution in [3.8, 4) is 6.19 Å². The van der Waals surface area contributed by atoms with Gasteiger partial charge in [-0.15, -0.1) is 0 Å². The Morgan fingerprint density at radius 2 is 1.40 bits per heavy atom. The molecule has 0 atom stereocenters. The van der Waals surface area contributed by atoms with Crippen LogP contribution in [-0.4, -0.2) is 99.7 Å². The second-order valence-corrected chi connectivity index (χ2v) is 0.977. The van der Waals surface area contributed by atoms with Gasteiger partial charge in [0.15, 0.2) is 6.19 Å². The summed E-state index contributed by atoms with van der Waals surface area (Å²) >= 11 is 0. The zero-order chi connectivity index (χ0) is 6.28. The number of hydrogen-bond donors (Lipinski definition) is 3. The van der Waals surface area contributed by atoms with Crippen molar-refractivity contribution in [1.82, 2.24) is 0 Å². The number of hydrogen-bond acceptors (Lipinski definition) is 3. The molecule has 0 unspecified atom stereocenters. The third kappa shape index (κ3) is 343. The van der Waals surface area contributed by atoms with E-state index in [1.807, 2.05) is 0 Å². The van der Waals surface area contributed by atoms with Crippen molar-refractivity contribution in [3.05, 3.63) is 0 Å². The Kier molecular flexibility index (Phi) is 95.0. The Morgan fingerprint density at radius 1 is 1.40 bits per heavy atom. The molecule has 0 spiro atoms. The summed E-state index contributed by atoms with van der Waals surface area (Å²) in [6, 6.07) is 0. The predicted octanol–water partition coefficient (Wildman–Crippen LogP) is -4.84. The molecular formula is CH10Ca2N2O4Si. The summed E-state index contributed by atoms with van der Waals surface area (Å²) in [5.41, 5.74) is 4.15. The van der Waals surface area contributed by atoms with E-state index in [4.69, 9.17) is 19.3 Å². The maximum atomic E-state index is 8.74. The van der Waals surface area contributed by atoms with Crippen molar-refractivity contribution in [3.63, 3.8) is 0 Å². The molecular weight excluding hydrogens is 212 g/mol. The Bertz CT molecular complexity index is 89.7. The van der Waals surface area contributed by atoms with E-state index in [-0.39, 0.29) is 81.0 Å². The summed E-state index contributed by atoms with van der Waals surface area (Å²) < 4.78 is 8.74. The number of rotatable bonds is 0. The predicted molar refractivity (Wildman–Crippen MR) is 41.4 cm³/mol. The Balaban J connectivity index is -0.0000000131. The molecule has 9 heteroatoms. The molecule has 0 aliphatic heterocycles. The number of nitriles is 1. The average molecular weight is 222 g/mol. The first-order valence-electron chi connectivity index (χ1n) is 1.16. The van der Waals surface area contributed by atoms with E-state index < -0.39 is 9.17 Å². The molecule has 0 amide bonds. The molecule has 56 valence electrons. The van der Waals surface area contributed by atoms with Gasteiger partial charge in [-0.3, -0.25) is 4.46 Å². The third-order valence-corrected chi connectivity index (χ3v) is 0. The van der Waals surface area contributed by atoms with Crippen LogP contribution in [0.5, 0.6) is 0 Å². The van der Waals surface area contributed by atoms with Crippen LogP contribution in [0.2, 0.25) is 0 Å². The van der Waals surface area contributed by atoms with Crippen LogP contribution in [0.15, 0.2) is 0 Å².